The normalized spacial score (nSPS) is 17.0. The van der Waals surface area contributed by atoms with Gasteiger partial charge in [-0.05, 0) is 42.6 Å². The molecule has 0 saturated carbocycles. The van der Waals surface area contributed by atoms with Crippen LogP contribution in [0.5, 0.6) is 0 Å². The smallest absolute Gasteiger partial charge is 0.199 e. The van der Waals surface area contributed by atoms with Crippen molar-refractivity contribution in [1.82, 2.24) is 4.90 Å². The Labute approximate surface area is 111 Å². The predicted octanol–water partition coefficient (Wildman–Crippen LogP) is 3.48. The zero-order valence-electron chi connectivity index (χ0n) is 9.61. The lowest BCUT2D eigenvalue weighted by Crippen LogP contribution is -2.04. The highest BCUT2D eigenvalue weighted by atomic mass is 35.5. The Morgan fingerprint density at radius 3 is 2.47 bits per heavy atom. The van der Waals surface area contributed by atoms with Gasteiger partial charge in [-0.1, -0.05) is 11.6 Å². The Bertz CT molecular complexity index is 503. The first-order chi connectivity index (χ1) is 8.06. The maximum absolute atomic E-state index is 5.84. The minimum absolute atomic E-state index is 0.503. The summed E-state index contributed by atoms with van der Waals surface area (Å²) >= 11 is 11.0. The van der Waals surface area contributed by atoms with Crippen molar-refractivity contribution in [1.29, 1.82) is 0 Å². The van der Waals surface area contributed by atoms with E-state index in [1.807, 2.05) is 55.5 Å². The summed E-state index contributed by atoms with van der Waals surface area (Å²) in [6.45, 7) is 0. The minimum atomic E-state index is 0.503. The Balaban J connectivity index is 2.30. The van der Waals surface area contributed by atoms with Crippen LogP contribution in [-0.4, -0.2) is 24.0 Å². The zero-order chi connectivity index (χ0) is 12.4. The van der Waals surface area contributed by atoms with Crippen molar-refractivity contribution in [3.8, 4) is 0 Å². The van der Waals surface area contributed by atoms with Crippen molar-refractivity contribution in [2.75, 3.05) is 14.1 Å². The van der Waals surface area contributed by atoms with Crippen LogP contribution in [0.1, 0.15) is 5.56 Å². The quantitative estimate of drug-likeness (QED) is 0.600. The van der Waals surface area contributed by atoms with E-state index in [9.17, 15) is 0 Å². The SMILES string of the molecule is CN(C)C=C1C=C(c2ccc(Cl)cc2)OC1=S. The van der Waals surface area contributed by atoms with Crippen LogP contribution in [0, 0.1) is 0 Å². The first-order valence-corrected chi connectivity index (χ1v) is 5.93. The largest absolute Gasteiger partial charge is 0.445 e. The van der Waals surface area contributed by atoms with Gasteiger partial charge in [-0.15, -0.1) is 0 Å². The topological polar surface area (TPSA) is 12.5 Å². The van der Waals surface area contributed by atoms with Gasteiger partial charge < -0.3 is 9.64 Å². The number of halogens is 1. The third-order valence-electron chi connectivity index (χ3n) is 2.25. The summed E-state index contributed by atoms with van der Waals surface area (Å²) in [5, 5.41) is 1.21. The molecule has 0 amide bonds. The van der Waals surface area contributed by atoms with Gasteiger partial charge in [0.2, 0.25) is 0 Å². The maximum atomic E-state index is 5.84. The van der Waals surface area contributed by atoms with Gasteiger partial charge in [-0.2, -0.15) is 0 Å². The van der Waals surface area contributed by atoms with E-state index in [1.54, 1.807) is 0 Å². The number of rotatable bonds is 2. The van der Waals surface area contributed by atoms with Crippen LogP contribution >= 0.6 is 23.8 Å². The van der Waals surface area contributed by atoms with Gasteiger partial charge in [-0.25, -0.2) is 0 Å². The monoisotopic (exact) mass is 265 g/mol. The summed E-state index contributed by atoms with van der Waals surface area (Å²) in [5.41, 5.74) is 1.88. The molecule has 0 aliphatic carbocycles. The van der Waals surface area contributed by atoms with Gasteiger partial charge in [0, 0.05) is 36.5 Å². The number of nitrogens with zero attached hydrogens (tertiary/aromatic N) is 1. The Morgan fingerprint density at radius 1 is 1.24 bits per heavy atom. The summed E-state index contributed by atoms with van der Waals surface area (Å²) in [6.07, 6.45) is 3.87. The highest BCUT2D eigenvalue weighted by Gasteiger charge is 2.18. The number of thiocarbonyl (C=S) groups is 1. The van der Waals surface area contributed by atoms with Crippen molar-refractivity contribution in [3.05, 3.63) is 52.7 Å². The molecule has 0 unspecified atom stereocenters. The molecule has 2 nitrogen and oxygen atoms in total. The maximum Gasteiger partial charge on any atom is 0.199 e. The van der Waals surface area contributed by atoms with E-state index in [0.717, 1.165) is 16.9 Å². The lowest BCUT2D eigenvalue weighted by atomic mass is 10.1. The molecular weight excluding hydrogens is 254 g/mol. The highest BCUT2D eigenvalue weighted by molar-refractivity contribution is 7.80. The molecule has 0 saturated heterocycles. The van der Waals surface area contributed by atoms with E-state index in [2.05, 4.69) is 0 Å². The highest BCUT2D eigenvalue weighted by Crippen LogP contribution is 2.27. The fourth-order valence-electron chi connectivity index (χ4n) is 1.51. The molecule has 0 spiro atoms. The van der Waals surface area contributed by atoms with Crippen LogP contribution in [0.25, 0.3) is 5.76 Å². The van der Waals surface area contributed by atoms with Crippen LogP contribution in [0.4, 0.5) is 0 Å². The van der Waals surface area contributed by atoms with E-state index in [1.165, 1.54) is 0 Å². The van der Waals surface area contributed by atoms with Crippen LogP contribution in [0.15, 0.2) is 42.1 Å². The molecule has 17 heavy (non-hydrogen) atoms. The minimum Gasteiger partial charge on any atom is -0.445 e. The van der Waals surface area contributed by atoms with Gasteiger partial charge in [0.05, 0.1) is 0 Å². The summed E-state index contributed by atoms with van der Waals surface area (Å²) in [4.78, 5) is 1.94. The first-order valence-electron chi connectivity index (χ1n) is 5.14. The number of benzene rings is 1. The van der Waals surface area contributed by atoms with E-state index in [-0.39, 0.29) is 0 Å². The van der Waals surface area contributed by atoms with Crippen LogP contribution in [0.2, 0.25) is 5.02 Å². The van der Waals surface area contributed by atoms with Crippen molar-refractivity contribution in [2.24, 2.45) is 0 Å². The van der Waals surface area contributed by atoms with Crippen molar-refractivity contribution < 1.29 is 4.74 Å². The summed E-state index contributed by atoms with van der Waals surface area (Å²) in [6, 6.07) is 7.49. The average molecular weight is 266 g/mol. The second-order valence-electron chi connectivity index (χ2n) is 3.95. The molecule has 1 aromatic carbocycles. The van der Waals surface area contributed by atoms with Gasteiger partial charge in [0.1, 0.15) is 5.76 Å². The standard InChI is InChI=1S/C13H12ClNOS/c1-15(2)8-10-7-12(16-13(10)17)9-3-5-11(14)6-4-9/h3-8H,1-2H3. The molecule has 2 rings (SSSR count). The molecule has 0 atom stereocenters. The van der Waals surface area contributed by atoms with Gasteiger partial charge >= 0.3 is 0 Å². The molecule has 88 valence electrons. The lowest BCUT2D eigenvalue weighted by Gasteiger charge is -2.05. The molecule has 0 N–H and O–H groups in total. The molecule has 1 aliphatic rings. The van der Waals surface area contributed by atoms with Gasteiger partial charge in [0.15, 0.2) is 5.05 Å². The summed E-state index contributed by atoms with van der Waals surface area (Å²) in [5.74, 6) is 0.764. The van der Waals surface area contributed by atoms with Crippen LogP contribution < -0.4 is 0 Å². The molecule has 1 aliphatic heterocycles. The number of ether oxygens (including phenoxy) is 1. The van der Waals surface area contributed by atoms with Crippen molar-refractivity contribution in [3.63, 3.8) is 0 Å². The third kappa shape index (κ3) is 2.87. The van der Waals surface area contributed by atoms with E-state index in [4.69, 9.17) is 28.6 Å². The molecule has 0 aromatic heterocycles. The average Bonchev–Trinajstić information content (AvgIpc) is 2.60. The molecule has 1 heterocycles. The summed E-state index contributed by atoms with van der Waals surface area (Å²) in [7, 11) is 3.90. The fraction of sp³-hybridized carbons (Fsp3) is 0.154. The lowest BCUT2D eigenvalue weighted by molar-refractivity contribution is 0.530. The van der Waals surface area contributed by atoms with Gasteiger partial charge in [-0.3, -0.25) is 0 Å². The first kappa shape index (κ1) is 12.1. The number of hydrogen-bond acceptors (Lipinski definition) is 3. The zero-order valence-corrected chi connectivity index (χ0v) is 11.2. The molecule has 0 bridgehead atoms. The van der Waals surface area contributed by atoms with Crippen molar-refractivity contribution >= 4 is 34.6 Å². The Morgan fingerprint density at radius 2 is 1.88 bits per heavy atom. The van der Waals surface area contributed by atoms with E-state index < -0.39 is 0 Å². The summed E-state index contributed by atoms with van der Waals surface area (Å²) < 4.78 is 5.56. The fourth-order valence-corrected chi connectivity index (χ4v) is 1.84. The Hall–Kier alpha value is -1.32. The molecule has 4 heteroatoms. The Kier molecular flexibility index (Phi) is 3.50. The molecular formula is C13H12ClNOS. The second kappa shape index (κ2) is 4.90. The van der Waals surface area contributed by atoms with E-state index >= 15 is 0 Å². The van der Waals surface area contributed by atoms with E-state index in [0.29, 0.717) is 10.1 Å². The molecule has 0 radical (unpaired) electrons. The molecule has 1 aromatic rings. The van der Waals surface area contributed by atoms with Crippen LogP contribution in [0.3, 0.4) is 0 Å². The predicted molar refractivity (Wildman–Crippen MR) is 74.9 cm³/mol. The number of hydrogen-bond donors (Lipinski definition) is 0. The van der Waals surface area contributed by atoms with Gasteiger partial charge in [0.25, 0.3) is 0 Å². The second-order valence-corrected chi connectivity index (χ2v) is 4.76. The molecule has 0 fully saturated rings. The third-order valence-corrected chi connectivity index (χ3v) is 2.82. The van der Waals surface area contributed by atoms with Crippen LogP contribution in [-0.2, 0) is 4.74 Å². The van der Waals surface area contributed by atoms with Crippen molar-refractivity contribution in [2.45, 2.75) is 0 Å².